The number of benzene rings is 1. The molecular formula is C13H21N3O3S. The lowest BCUT2D eigenvalue weighted by Gasteiger charge is -2.21. The molecular weight excluding hydrogens is 278 g/mol. The Morgan fingerprint density at radius 3 is 2.15 bits per heavy atom. The molecule has 3 N–H and O–H groups in total. The first kappa shape index (κ1) is 16.6. The maximum atomic E-state index is 11.9. The predicted octanol–water partition coefficient (Wildman–Crippen LogP) is 0.860. The maximum absolute atomic E-state index is 11.9. The van der Waals surface area contributed by atoms with Gasteiger partial charge in [0.2, 0.25) is 15.9 Å². The van der Waals surface area contributed by atoms with Gasteiger partial charge in [-0.05, 0) is 38.1 Å². The van der Waals surface area contributed by atoms with Gasteiger partial charge in [0, 0.05) is 26.3 Å². The Morgan fingerprint density at radius 1 is 1.25 bits per heavy atom. The van der Waals surface area contributed by atoms with E-state index in [-0.39, 0.29) is 17.3 Å². The zero-order valence-corrected chi connectivity index (χ0v) is 13.0. The molecule has 0 aliphatic heterocycles. The van der Waals surface area contributed by atoms with Crippen molar-refractivity contribution in [3.05, 3.63) is 24.3 Å². The minimum atomic E-state index is -3.45. The van der Waals surface area contributed by atoms with Crippen LogP contribution in [-0.4, -0.2) is 39.3 Å². The van der Waals surface area contributed by atoms with Crippen molar-refractivity contribution in [1.29, 1.82) is 0 Å². The SMILES string of the molecule is CN(C)S(=O)(=O)c1ccc(NC(=O)C(C)(C)CN)cc1. The second kappa shape index (κ2) is 5.90. The van der Waals surface area contributed by atoms with Crippen molar-refractivity contribution in [3.63, 3.8) is 0 Å². The quantitative estimate of drug-likeness (QED) is 0.843. The highest BCUT2D eigenvalue weighted by molar-refractivity contribution is 7.89. The number of hydrogen-bond donors (Lipinski definition) is 2. The highest BCUT2D eigenvalue weighted by Gasteiger charge is 2.26. The Bertz CT molecular complexity index is 577. The number of rotatable bonds is 5. The molecule has 1 amide bonds. The molecule has 1 rings (SSSR count). The van der Waals surface area contributed by atoms with E-state index in [9.17, 15) is 13.2 Å². The van der Waals surface area contributed by atoms with E-state index in [1.165, 1.54) is 26.2 Å². The van der Waals surface area contributed by atoms with E-state index in [0.717, 1.165) is 4.31 Å². The number of hydrogen-bond acceptors (Lipinski definition) is 4. The van der Waals surface area contributed by atoms with E-state index in [4.69, 9.17) is 5.73 Å². The van der Waals surface area contributed by atoms with E-state index in [2.05, 4.69) is 5.32 Å². The summed E-state index contributed by atoms with van der Waals surface area (Å²) in [6.45, 7) is 3.71. The fourth-order valence-corrected chi connectivity index (χ4v) is 2.22. The van der Waals surface area contributed by atoms with Gasteiger partial charge in [-0.25, -0.2) is 12.7 Å². The lowest BCUT2D eigenvalue weighted by molar-refractivity contribution is -0.123. The van der Waals surface area contributed by atoms with Crippen LogP contribution >= 0.6 is 0 Å². The molecule has 0 spiro atoms. The fourth-order valence-electron chi connectivity index (χ4n) is 1.31. The van der Waals surface area contributed by atoms with Crippen molar-refractivity contribution < 1.29 is 13.2 Å². The average molecular weight is 299 g/mol. The highest BCUT2D eigenvalue weighted by atomic mass is 32.2. The van der Waals surface area contributed by atoms with Gasteiger partial charge in [0.25, 0.3) is 0 Å². The van der Waals surface area contributed by atoms with Gasteiger partial charge in [0.05, 0.1) is 10.3 Å². The largest absolute Gasteiger partial charge is 0.329 e. The molecule has 0 radical (unpaired) electrons. The number of amides is 1. The Balaban J connectivity index is 2.91. The second-order valence-corrected chi connectivity index (χ2v) is 7.51. The van der Waals surface area contributed by atoms with Crippen LogP contribution in [0.5, 0.6) is 0 Å². The van der Waals surface area contributed by atoms with E-state index < -0.39 is 15.4 Å². The van der Waals surface area contributed by atoms with Crippen molar-refractivity contribution in [2.45, 2.75) is 18.7 Å². The van der Waals surface area contributed by atoms with E-state index in [1.807, 2.05) is 0 Å². The number of carbonyl (C=O) groups excluding carboxylic acids is 1. The van der Waals surface area contributed by atoms with Gasteiger partial charge in [-0.2, -0.15) is 0 Å². The summed E-state index contributed by atoms with van der Waals surface area (Å²) in [5.74, 6) is -0.205. The summed E-state index contributed by atoms with van der Waals surface area (Å²) in [6.07, 6.45) is 0. The second-order valence-electron chi connectivity index (χ2n) is 5.35. The van der Waals surface area contributed by atoms with Crippen LogP contribution in [0.25, 0.3) is 0 Å². The topological polar surface area (TPSA) is 92.5 Å². The van der Waals surface area contributed by atoms with Crippen LogP contribution in [0.4, 0.5) is 5.69 Å². The maximum Gasteiger partial charge on any atom is 0.242 e. The van der Waals surface area contributed by atoms with Crippen LogP contribution < -0.4 is 11.1 Å². The molecule has 112 valence electrons. The lowest BCUT2D eigenvalue weighted by Crippen LogP contribution is -2.37. The van der Waals surface area contributed by atoms with Crippen LogP contribution in [0.1, 0.15) is 13.8 Å². The van der Waals surface area contributed by atoms with Gasteiger partial charge >= 0.3 is 0 Å². The standard InChI is InChI=1S/C13H21N3O3S/c1-13(2,9-14)12(17)15-10-5-7-11(8-6-10)20(18,19)16(3)4/h5-8H,9,14H2,1-4H3,(H,15,17). The van der Waals surface area contributed by atoms with Crippen LogP contribution in [0, 0.1) is 5.41 Å². The van der Waals surface area contributed by atoms with Gasteiger partial charge in [0.15, 0.2) is 0 Å². The molecule has 0 atom stereocenters. The van der Waals surface area contributed by atoms with Crippen molar-refractivity contribution >= 4 is 21.6 Å². The van der Waals surface area contributed by atoms with Gasteiger partial charge < -0.3 is 11.1 Å². The molecule has 0 fully saturated rings. The summed E-state index contributed by atoms with van der Waals surface area (Å²) in [6, 6.07) is 6.03. The molecule has 0 aliphatic rings. The fraction of sp³-hybridized carbons (Fsp3) is 0.462. The zero-order chi connectivity index (χ0) is 15.6. The monoisotopic (exact) mass is 299 g/mol. The summed E-state index contributed by atoms with van der Waals surface area (Å²) in [5.41, 5.74) is 5.39. The first-order valence-corrected chi connectivity index (χ1v) is 7.59. The number of sulfonamides is 1. The lowest BCUT2D eigenvalue weighted by atomic mass is 9.92. The molecule has 20 heavy (non-hydrogen) atoms. The predicted molar refractivity (Wildman–Crippen MR) is 78.8 cm³/mol. The molecule has 0 aromatic heterocycles. The normalized spacial score (nSPS) is 12.5. The summed E-state index contributed by atoms with van der Waals surface area (Å²) in [5, 5.41) is 2.71. The molecule has 0 aliphatic carbocycles. The number of anilines is 1. The minimum Gasteiger partial charge on any atom is -0.329 e. The molecule has 6 nitrogen and oxygen atoms in total. The number of nitrogens with one attached hydrogen (secondary N) is 1. The van der Waals surface area contributed by atoms with E-state index in [1.54, 1.807) is 26.0 Å². The average Bonchev–Trinajstić information content (AvgIpc) is 2.39. The van der Waals surface area contributed by atoms with Crippen molar-refractivity contribution in [2.75, 3.05) is 26.0 Å². The van der Waals surface area contributed by atoms with Crippen molar-refractivity contribution in [2.24, 2.45) is 11.1 Å². The van der Waals surface area contributed by atoms with Crippen molar-refractivity contribution in [1.82, 2.24) is 4.31 Å². The van der Waals surface area contributed by atoms with Gasteiger partial charge in [0.1, 0.15) is 0 Å². The molecule has 7 heteroatoms. The third-order valence-electron chi connectivity index (χ3n) is 3.02. The van der Waals surface area contributed by atoms with Crippen LogP contribution in [0.2, 0.25) is 0 Å². The van der Waals surface area contributed by atoms with Gasteiger partial charge in [-0.15, -0.1) is 0 Å². The van der Waals surface area contributed by atoms with E-state index >= 15 is 0 Å². The Kier molecular flexibility index (Phi) is 4.90. The van der Waals surface area contributed by atoms with Gasteiger partial charge in [-0.1, -0.05) is 0 Å². The molecule has 1 aromatic carbocycles. The van der Waals surface area contributed by atoms with Crippen molar-refractivity contribution in [3.8, 4) is 0 Å². The first-order valence-electron chi connectivity index (χ1n) is 6.15. The number of carbonyl (C=O) groups is 1. The Morgan fingerprint density at radius 2 is 1.75 bits per heavy atom. The molecule has 0 heterocycles. The molecule has 0 saturated heterocycles. The molecule has 0 bridgehead atoms. The summed E-state index contributed by atoms with van der Waals surface area (Å²) in [7, 11) is -0.520. The molecule has 1 aromatic rings. The number of nitrogens with two attached hydrogens (primary N) is 1. The minimum absolute atomic E-state index is 0.179. The Hall–Kier alpha value is -1.44. The van der Waals surface area contributed by atoms with Crippen LogP contribution in [0.3, 0.4) is 0 Å². The van der Waals surface area contributed by atoms with Crippen LogP contribution in [0.15, 0.2) is 29.2 Å². The summed E-state index contributed by atoms with van der Waals surface area (Å²) in [4.78, 5) is 12.1. The molecule has 0 unspecified atom stereocenters. The third-order valence-corrected chi connectivity index (χ3v) is 4.85. The Labute approximate surface area is 120 Å². The number of nitrogens with zero attached hydrogens (tertiary/aromatic N) is 1. The first-order chi connectivity index (χ1) is 9.11. The van der Waals surface area contributed by atoms with E-state index in [0.29, 0.717) is 5.69 Å². The molecule has 0 saturated carbocycles. The summed E-state index contributed by atoms with van der Waals surface area (Å²) < 4.78 is 24.9. The van der Waals surface area contributed by atoms with Crippen LogP contribution in [-0.2, 0) is 14.8 Å². The third kappa shape index (κ3) is 3.56. The van der Waals surface area contributed by atoms with Gasteiger partial charge in [-0.3, -0.25) is 4.79 Å². The highest BCUT2D eigenvalue weighted by Crippen LogP contribution is 2.19. The smallest absolute Gasteiger partial charge is 0.242 e. The zero-order valence-electron chi connectivity index (χ0n) is 12.2. The summed E-state index contributed by atoms with van der Waals surface area (Å²) >= 11 is 0.